The van der Waals surface area contributed by atoms with Crippen molar-refractivity contribution < 1.29 is 4.79 Å². The number of carbonyl (C=O) groups excluding carboxylic acids is 1. The van der Waals surface area contributed by atoms with Gasteiger partial charge < -0.3 is 5.32 Å². The normalized spacial score (nSPS) is 12.2. The van der Waals surface area contributed by atoms with Gasteiger partial charge in [-0.2, -0.15) is 10.2 Å². The van der Waals surface area contributed by atoms with Gasteiger partial charge in [0.25, 0.3) is 0 Å². The predicted molar refractivity (Wildman–Crippen MR) is 115 cm³/mol. The molecule has 0 spiro atoms. The summed E-state index contributed by atoms with van der Waals surface area (Å²) in [4.78, 5) is 12.9. The summed E-state index contributed by atoms with van der Waals surface area (Å²) in [6.07, 6.45) is 0. The van der Waals surface area contributed by atoms with Crippen molar-refractivity contribution >= 4 is 27.5 Å². The third-order valence-electron chi connectivity index (χ3n) is 5.07. The SMILES string of the molecule is Cc1ccc(Cn2nc(C)c(NC(=O)C(C)n3nc(C)c(Br)c3C)c2C)cc1. The Morgan fingerprint density at radius 1 is 1.04 bits per heavy atom. The maximum Gasteiger partial charge on any atom is 0.249 e. The summed E-state index contributed by atoms with van der Waals surface area (Å²) in [6.45, 7) is 12.4. The number of aromatic nitrogens is 4. The zero-order chi connectivity index (χ0) is 20.6. The second-order valence-corrected chi connectivity index (χ2v) is 8.08. The van der Waals surface area contributed by atoms with E-state index < -0.39 is 6.04 Å². The minimum absolute atomic E-state index is 0.112. The van der Waals surface area contributed by atoms with Crippen LogP contribution in [-0.4, -0.2) is 25.5 Å². The zero-order valence-electron chi connectivity index (χ0n) is 17.2. The first kappa shape index (κ1) is 20.3. The quantitative estimate of drug-likeness (QED) is 0.624. The maximum absolute atomic E-state index is 12.9. The lowest BCUT2D eigenvalue weighted by Crippen LogP contribution is -2.25. The van der Waals surface area contributed by atoms with Gasteiger partial charge in [-0.1, -0.05) is 29.8 Å². The van der Waals surface area contributed by atoms with Crippen LogP contribution in [0.3, 0.4) is 0 Å². The Bertz CT molecular complexity index is 1020. The number of nitrogens with zero attached hydrogens (tertiary/aromatic N) is 4. The minimum atomic E-state index is -0.427. The fraction of sp³-hybridized carbons (Fsp3) is 0.381. The van der Waals surface area contributed by atoms with Gasteiger partial charge in [-0.05, 0) is 63.0 Å². The number of aryl methyl sites for hydroxylation is 3. The van der Waals surface area contributed by atoms with Gasteiger partial charge >= 0.3 is 0 Å². The molecule has 0 aliphatic carbocycles. The van der Waals surface area contributed by atoms with Crippen LogP contribution in [0.15, 0.2) is 28.7 Å². The largest absolute Gasteiger partial charge is 0.321 e. The molecule has 1 N–H and O–H groups in total. The summed E-state index contributed by atoms with van der Waals surface area (Å²) >= 11 is 3.52. The summed E-state index contributed by atoms with van der Waals surface area (Å²) in [5.41, 5.74) is 6.72. The average molecular weight is 444 g/mol. The van der Waals surface area contributed by atoms with Gasteiger partial charge in [-0.25, -0.2) is 0 Å². The molecule has 0 radical (unpaired) electrons. The molecule has 0 saturated carbocycles. The second kappa shape index (κ2) is 7.91. The van der Waals surface area contributed by atoms with E-state index in [1.807, 2.05) is 39.3 Å². The Labute approximate surface area is 174 Å². The van der Waals surface area contributed by atoms with Crippen LogP contribution in [0.2, 0.25) is 0 Å². The van der Waals surface area contributed by atoms with E-state index in [-0.39, 0.29) is 5.91 Å². The zero-order valence-corrected chi connectivity index (χ0v) is 18.8. The molecule has 0 fully saturated rings. The van der Waals surface area contributed by atoms with E-state index in [2.05, 4.69) is 62.6 Å². The molecule has 0 aliphatic heterocycles. The number of carbonyl (C=O) groups is 1. The molecule has 2 aromatic heterocycles. The molecule has 1 aromatic carbocycles. The highest BCUT2D eigenvalue weighted by Gasteiger charge is 2.23. The van der Waals surface area contributed by atoms with Crippen molar-refractivity contribution in [1.82, 2.24) is 19.6 Å². The van der Waals surface area contributed by atoms with Gasteiger partial charge in [-0.3, -0.25) is 14.2 Å². The third-order valence-corrected chi connectivity index (χ3v) is 6.21. The highest BCUT2D eigenvalue weighted by Crippen LogP contribution is 2.25. The summed E-state index contributed by atoms with van der Waals surface area (Å²) in [5.74, 6) is -0.112. The van der Waals surface area contributed by atoms with Gasteiger partial charge in [0.2, 0.25) is 5.91 Å². The molecule has 2 heterocycles. The van der Waals surface area contributed by atoms with E-state index >= 15 is 0 Å². The van der Waals surface area contributed by atoms with E-state index in [4.69, 9.17) is 0 Å². The molecular weight excluding hydrogens is 418 g/mol. The topological polar surface area (TPSA) is 64.7 Å². The van der Waals surface area contributed by atoms with E-state index in [1.54, 1.807) is 4.68 Å². The number of benzene rings is 1. The summed E-state index contributed by atoms with van der Waals surface area (Å²) in [6, 6.07) is 7.97. The van der Waals surface area contributed by atoms with Crippen LogP contribution in [-0.2, 0) is 11.3 Å². The Morgan fingerprint density at radius 3 is 2.25 bits per heavy atom. The van der Waals surface area contributed by atoms with Gasteiger partial charge in [0.1, 0.15) is 6.04 Å². The molecule has 0 bridgehead atoms. The number of amides is 1. The molecule has 6 nitrogen and oxygen atoms in total. The first-order valence-corrected chi connectivity index (χ1v) is 10.1. The van der Waals surface area contributed by atoms with Crippen LogP contribution in [0.1, 0.15) is 46.9 Å². The number of nitrogens with one attached hydrogen (secondary N) is 1. The van der Waals surface area contributed by atoms with E-state index in [9.17, 15) is 4.79 Å². The molecular formula is C21H26BrN5O. The van der Waals surface area contributed by atoms with Crippen molar-refractivity contribution in [1.29, 1.82) is 0 Å². The standard InChI is InChI=1S/C21H26BrN5O/c1-12-7-9-18(10-8-12)11-26-16(5)20(14(3)24-26)23-21(28)17(6)27-15(4)19(22)13(2)25-27/h7-10,17H,11H2,1-6H3,(H,23,28). The Morgan fingerprint density at radius 2 is 1.68 bits per heavy atom. The summed E-state index contributed by atoms with van der Waals surface area (Å²) in [5, 5.41) is 12.1. The lowest BCUT2D eigenvalue weighted by atomic mass is 10.1. The lowest BCUT2D eigenvalue weighted by Gasteiger charge is -2.15. The van der Waals surface area contributed by atoms with Gasteiger partial charge in [0, 0.05) is 0 Å². The van der Waals surface area contributed by atoms with Crippen molar-refractivity contribution in [2.45, 2.75) is 54.1 Å². The van der Waals surface area contributed by atoms with Crippen LogP contribution in [0.4, 0.5) is 5.69 Å². The number of hydrogen-bond donors (Lipinski definition) is 1. The molecule has 28 heavy (non-hydrogen) atoms. The Kier molecular flexibility index (Phi) is 5.74. The Hall–Kier alpha value is -2.41. The molecule has 7 heteroatoms. The lowest BCUT2D eigenvalue weighted by molar-refractivity contribution is -0.119. The second-order valence-electron chi connectivity index (χ2n) is 7.28. The van der Waals surface area contributed by atoms with Crippen molar-refractivity contribution in [2.75, 3.05) is 5.32 Å². The molecule has 1 atom stereocenters. The van der Waals surface area contributed by atoms with Crippen LogP contribution in [0.5, 0.6) is 0 Å². The van der Waals surface area contributed by atoms with Crippen LogP contribution < -0.4 is 5.32 Å². The first-order valence-electron chi connectivity index (χ1n) is 9.30. The van der Waals surface area contributed by atoms with Crippen molar-refractivity contribution in [3.8, 4) is 0 Å². The van der Waals surface area contributed by atoms with Crippen molar-refractivity contribution in [2.24, 2.45) is 0 Å². The number of hydrogen-bond acceptors (Lipinski definition) is 3. The first-order chi connectivity index (χ1) is 13.2. The molecule has 148 valence electrons. The predicted octanol–water partition coefficient (Wildman–Crippen LogP) is 4.63. The highest BCUT2D eigenvalue weighted by atomic mass is 79.9. The number of halogens is 1. The minimum Gasteiger partial charge on any atom is -0.321 e. The Balaban J connectivity index is 1.80. The number of rotatable bonds is 5. The summed E-state index contributed by atoms with van der Waals surface area (Å²) in [7, 11) is 0. The van der Waals surface area contributed by atoms with Crippen LogP contribution >= 0.6 is 15.9 Å². The van der Waals surface area contributed by atoms with Crippen LogP contribution in [0, 0.1) is 34.6 Å². The number of anilines is 1. The van der Waals surface area contributed by atoms with E-state index in [1.165, 1.54) is 11.1 Å². The molecule has 1 unspecified atom stereocenters. The van der Waals surface area contributed by atoms with Crippen molar-refractivity contribution in [3.05, 3.63) is 62.6 Å². The molecule has 3 rings (SSSR count). The fourth-order valence-electron chi connectivity index (χ4n) is 3.26. The van der Waals surface area contributed by atoms with Gasteiger partial charge in [-0.15, -0.1) is 0 Å². The monoisotopic (exact) mass is 443 g/mol. The molecule has 1 amide bonds. The average Bonchev–Trinajstić information content (AvgIpc) is 3.07. The highest BCUT2D eigenvalue weighted by molar-refractivity contribution is 9.10. The summed E-state index contributed by atoms with van der Waals surface area (Å²) < 4.78 is 4.61. The van der Waals surface area contributed by atoms with Gasteiger partial charge in [0.15, 0.2) is 0 Å². The third kappa shape index (κ3) is 3.90. The van der Waals surface area contributed by atoms with Crippen molar-refractivity contribution in [3.63, 3.8) is 0 Å². The van der Waals surface area contributed by atoms with E-state index in [0.29, 0.717) is 6.54 Å². The smallest absolute Gasteiger partial charge is 0.249 e. The molecule has 0 aliphatic rings. The van der Waals surface area contributed by atoms with Gasteiger partial charge in [0.05, 0.1) is 39.5 Å². The maximum atomic E-state index is 12.9. The fourth-order valence-corrected chi connectivity index (χ4v) is 3.52. The van der Waals surface area contributed by atoms with E-state index in [0.717, 1.165) is 32.9 Å². The molecule has 3 aromatic rings. The van der Waals surface area contributed by atoms with Crippen LogP contribution in [0.25, 0.3) is 0 Å². The molecule has 0 saturated heterocycles.